The Morgan fingerprint density at radius 3 is 2.48 bits per heavy atom. The maximum atomic E-state index is 3.72. The molecule has 0 spiro atoms. The lowest BCUT2D eigenvalue weighted by atomic mass is 9.75. The van der Waals surface area contributed by atoms with Crippen molar-refractivity contribution in [1.82, 2.24) is 0 Å². The molecule has 0 aromatic heterocycles. The molecule has 1 aliphatic carbocycles. The van der Waals surface area contributed by atoms with Gasteiger partial charge in [-0.15, -0.1) is 0 Å². The van der Waals surface area contributed by atoms with Crippen LogP contribution in [0.5, 0.6) is 0 Å². The molecule has 3 rings (SSSR count). The lowest BCUT2D eigenvalue weighted by molar-refractivity contribution is 0.374. The summed E-state index contributed by atoms with van der Waals surface area (Å²) >= 11 is 3.55. The molecule has 0 saturated heterocycles. The van der Waals surface area contributed by atoms with Gasteiger partial charge in [-0.2, -0.15) is 0 Å². The Hall–Kier alpha value is -1.28. The Kier molecular flexibility index (Phi) is 4.34. The molecule has 2 aromatic rings. The molecule has 1 aliphatic rings. The Morgan fingerprint density at radius 2 is 1.81 bits per heavy atom. The van der Waals surface area contributed by atoms with Crippen LogP contribution in [0.1, 0.15) is 42.4 Å². The minimum Gasteiger partial charge on any atom is -0.382 e. The van der Waals surface area contributed by atoms with E-state index >= 15 is 0 Å². The Balaban J connectivity index is 1.61. The molecule has 0 bridgehead atoms. The lowest BCUT2D eigenvalue weighted by Gasteiger charge is -2.37. The Bertz CT molecular complexity index is 612. The van der Waals surface area contributed by atoms with E-state index in [1.807, 2.05) is 0 Å². The van der Waals surface area contributed by atoms with Gasteiger partial charge in [-0.05, 0) is 61.4 Å². The van der Waals surface area contributed by atoms with Gasteiger partial charge >= 0.3 is 0 Å². The van der Waals surface area contributed by atoms with Crippen LogP contribution in [0.2, 0.25) is 0 Å². The lowest BCUT2D eigenvalue weighted by Crippen LogP contribution is -2.34. The zero-order valence-electron chi connectivity index (χ0n) is 12.7. The largest absolute Gasteiger partial charge is 0.382 e. The summed E-state index contributed by atoms with van der Waals surface area (Å²) in [5.74, 6) is 0.726. The summed E-state index contributed by atoms with van der Waals surface area (Å²) in [6.45, 7) is 4.36. The SMILES string of the molecule is CCc1cc(Br)ccc1NC1CC(c2ccc(C)cc2)C1. The van der Waals surface area contributed by atoms with Crippen LogP contribution in [0.3, 0.4) is 0 Å². The summed E-state index contributed by atoms with van der Waals surface area (Å²) in [6.07, 6.45) is 3.54. The van der Waals surface area contributed by atoms with Crippen molar-refractivity contribution in [2.24, 2.45) is 0 Å². The van der Waals surface area contributed by atoms with Gasteiger partial charge in [-0.25, -0.2) is 0 Å². The fourth-order valence-electron chi connectivity index (χ4n) is 3.06. The predicted molar refractivity (Wildman–Crippen MR) is 94.1 cm³/mol. The van der Waals surface area contributed by atoms with E-state index in [9.17, 15) is 0 Å². The summed E-state index contributed by atoms with van der Waals surface area (Å²) in [6, 6.07) is 16.2. The normalized spacial score (nSPS) is 20.9. The first-order valence-electron chi connectivity index (χ1n) is 7.77. The van der Waals surface area contributed by atoms with E-state index in [0.717, 1.165) is 16.8 Å². The second-order valence-electron chi connectivity index (χ2n) is 6.08. The smallest absolute Gasteiger partial charge is 0.0375 e. The van der Waals surface area contributed by atoms with Gasteiger partial charge < -0.3 is 5.32 Å². The average molecular weight is 344 g/mol. The number of benzene rings is 2. The molecule has 0 unspecified atom stereocenters. The molecule has 0 radical (unpaired) electrons. The van der Waals surface area contributed by atoms with Gasteiger partial charge in [-0.1, -0.05) is 52.7 Å². The summed E-state index contributed by atoms with van der Waals surface area (Å²) in [4.78, 5) is 0. The first-order chi connectivity index (χ1) is 10.2. The number of hydrogen-bond donors (Lipinski definition) is 1. The predicted octanol–water partition coefficient (Wildman–Crippen LogP) is 5.68. The average Bonchev–Trinajstić information content (AvgIpc) is 2.45. The molecule has 1 nitrogen and oxygen atoms in total. The van der Waals surface area contributed by atoms with Crippen LogP contribution in [-0.2, 0) is 6.42 Å². The summed E-state index contributed by atoms with van der Waals surface area (Å²) in [5, 5.41) is 3.72. The van der Waals surface area contributed by atoms with Gasteiger partial charge in [0.15, 0.2) is 0 Å². The molecular weight excluding hydrogens is 322 g/mol. The Labute approximate surface area is 135 Å². The third kappa shape index (κ3) is 3.32. The van der Waals surface area contributed by atoms with E-state index in [2.05, 4.69) is 77.6 Å². The number of rotatable bonds is 4. The quantitative estimate of drug-likeness (QED) is 0.753. The highest BCUT2D eigenvalue weighted by atomic mass is 79.9. The van der Waals surface area contributed by atoms with Gasteiger partial charge in [0.1, 0.15) is 0 Å². The van der Waals surface area contributed by atoms with Gasteiger partial charge in [0.2, 0.25) is 0 Å². The van der Waals surface area contributed by atoms with Crippen molar-refractivity contribution in [2.45, 2.75) is 45.1 Å². The number of anilines is 1. The number of aryl methyl sites for hydroxylation is 2. The summed E-state index contributed by atoms with van der Waals surface area (Å²) in [7, 11) is 0. The number of halogens is 1. The third-order valence-corrected chi connectivity index (χ3v) is 4.99. The van der Waals surface area contributed by atoms with Crippen LogP contribution < -0.4 is 5.32 Å². The minimum absolute atomic E-state index is 0.614. The van der Waals surface area contributed by atoms with Gasteiger partial charge in [0, 0.05) is 16.2 Å². The molecular formula is C19H22BrN. The van der Waals surface area contributed by atoms with Crippen molar-refractivity contribution in [3.63, 3.8) is 0 Å². The second kappa shape index (κ2) is 6.23. The fourth-order valence-corrected chi connectivity index (χ4v) is 3.47. The zero-order chi connectivity index (χ0) is 14.8. The van der Waals surface area contributed by atoms with E-state index in [-0.39, 0.29) is 0 Å². The summed E-state index contributed by atoms with van der Waals surface area (Å²) < 4.78 is 1.16. The zero-order valence-corrected chi connectivity index (χ0v) is 14.3. The Morgan fingerprint density at radius 1 is 1.10 bits per heavy atom. The van der Waals surface area contributed by atoms with Crippen LogP contribution >= 0.6 is 15.9 Å². The van der Waals surface area contributed by atoms with E-state index < -0.39 is 0 Å². The van der Waals surface area contributed by atoms with Crippen molar-refractivity contribution in [1.29, 1.82) is 0 Å². The first kappa shape index (κ1) is 14.6. The van der Waals surface area contributed by atoms with Crippen molar-refractivity contribution in [2.75, 3.05) is 5.32 Å². The highest BCUT2D eigenvalue weighted by Crippen LogP contribution is 2.39. The molecule has 0 amide bonds. The highest BCUT2D eigenvalue weighted by molar-refractivity contribution is 9.10. The minimum atomic E-state index is 0.614. The van der Waals surface area contributed by atoms with Gasteiger partial charge in [0.05, 0.1) is 0 Å². The van der Waals surface area contributed by atoms with Crippen molar-refractivity contribution < 1.29 is 0 Å². The highest BCUT2D eigenvalue weighted by Gasteiger charge is 2.30. The van der Waals surface area contributed by atoms with E-state index in [4.69, 9.17) is 0 Å². The maximum Gasteiger partial charge on any atom is 0.0375 e. The van der Waals surface area contributed by atoms with E-state index in [1.54, 1.807) is 0 Å². The number of hydrogen-bond acceptors (Lipinski definition) is 1. The molecule has 1 N–H and O–H groups in total. The van der Waals surface area contributed by atoms with E-state index in [0.29, 0.717) is 6.04 Å². The summed E-state index contributed by atoms with van der Waals surface area (Å²) in [5.41, 5.74) is 5.52. The van der Waals surface area contributed by atoms with E-state index in [1.165, 1.54) is 35.2 Å². The molecule has 2 heteroatoms. The molecule has 1 saturated carbocycles. The van der Waals surface area contributed by atoms with Gasteiger partial charge in [0.25, 0.3) is 0 Å². The topological polar surface area (TPSA) is 12.0 Å². The van der Waals surface area contributed by atoms with Crippen molar-refractivity contribution >= 4 is 21.6 Å². The maximum absolute atomic E-state index is 3.72. The van der Waals surface area contributed by atoms with Gasteiger partial charge in [-0.3, -0.25) is 0 Å². The van der Waals surface area contributed by atoms with Crippen LogP contribution in [0, 0.1) is 6.92 Å². The molecule has 0 aliphatic heterocycles. The molecule has 0 heterocycles. The van der Waals surface area contributed by atoms with Crippen molar-refractivity contribution in [3.8, 4) is 0 Å². The van der Waals surface area contributed by atoms with Crippen LogP contribution in [-0.4, -0.2) is 6.04 Å². The molecule has 1 fully saturated rings. The number of nitrogens with one attached hydrogen (secondary N) is 1. The molecule has 2 aromatic carbocycles. The van der Waals surface area contributed by atoms with Crippen LogP contribution in [0.4, 0.5) is 5.69 Å². The fraction of sp³-hybridized carbons (Fsp3) is 0.368. The van der Waals surface area contributed by atoms with Crippen LogP contribution in [0.25, 0.3) is 0 Å². The molecule has 21 heavy (non-hydrogen) atoms. The standard InChI is InChI=1S/C19H22BrN/c1-3-14-10-17(20)8-9-19(14)21-18-11-16(12-18)15-6-4-13(2)5-7-15/h4-10,16,18,21H,3,11-12H2,1-2H3. The first-order valence-corrected chi connectivity index (χ1v) is 8.56. The monoisotopic (exact) mass is 343 g/mol. The molecule has 0 atom stereocenters. The van der Waals surface area contributed by atoms with Crippen LogP contribution in [0.15, 0.2) is 46.9 Å². The second-order valence-corrected chi connectivity index (χ2v) is 6.99. The third-order valence-electron chi connectivity index (χ3n) is 4.49. The van der Waals surface area contributed by atoms with Crippen molar-refractivity contribution in [3.05, 3.63) is 63.6 Å². The molecule has 110 valence electrons.